The number of benzene rings is 2. The first-order valence-corrected chi connectivity index (χ1v) is 11.6. The average molecular weight is 439 g/mol. The van der Waals surface area contributed by atoms with Gasteiger partial charge in [0.2, 0.25) is 5.91 Å². The van der Waals surface area contributed by atoms with Gasteiger partial charge in [0.15, 0.2) is 0 Å². The Balaban J connectivity index is 1.27. The Bertz CT molecular complexity index is 1360. The molecule has 3 aromatic rings. The Hall–Kier alpha value is -3.40. The molecule has 160 valence electrons. The normalized spacial score (nSPS) is 19.5. The fraction of sp³-hybridized carbons (Fsp3) is 0.286. The smallest absolute Gasteiger partial charge is 0.326 e. The first kappa shape index (κ1) is 19.6. The van der Waals surface area contributed by atoms with Gasteiger partial charge in [-0.3, -0.25) is 19.1 Å². The van der Waals surface area contributed by atoms with E-state index < -0.39 is 10.0 Å². The Labute approximate surface area is 178 Å². The van der Waals surface area contributed by atoms with Gasteiger partial charge < -0.3 is 9.88 Å². The van der Waals surface area contributed by atoms with E-state index in [1.807, 2.05) is 24.3 Å². The standard InChI is InChI=1S/C21H21N5O4S/c27-19(13-22-20-15-5-1-4-8-18(15)31(29,30)24-20)25-11-9-14(10-12-25)26-17-7-3-2-6-16(17)23-21(26)28/h1-8,14H,9-13H2,(H,22,24)(H,23,28). The lowest BCUT2D eigenvalue weighted by Gasteiger charge is -2.32. The number of piperidine rings is 1. The zero-order chi connectivity index (χ0) is 21.6. The van der Waals surface area contributed by atoms with E-state index in [0.717, 1.165) is 11.0 Å². The van der Waals surface area contributed by atoms with Crippen LogP contribution in [0.25, 0.3) is 11.0 Å². The SMILES string of the molecule is O=C(CN=C1NS(=O)(=O)c2ccccc21)N1CCC(n2c(=O)[nH]c3ccccc32)CC1. The number of nitrogens with one attached hydrogen (secondary N) is 2. The van der Waals surface area contributed by atoms with Gasteiger partial charge in [0.25, 0.3) is 10.0 Å². The minimum absolute atomic E-state index is 0.0209. The summed E-state index contributed by atoms with van der Waals surface area (Å²) in [7, 11) is -3.62. The molecule has 0 saturated carbocycles. The molecule has 5 rings (SSSR count). The molecule has 2 aromatic carbocycles. The van der Waals surface area contributed by atoms with Crippen molar-refractivity contribution >= 4 is 32.8 Å². The number of nitrogens with zero attached hydrogens (tertiary/aromatic N) is 3. The van der Waals surface area contributed by atoms with Crippen molar-refractivity contribution in [1.29, 1.82) is 0 Å². The molecule has 1 amide bonds. The molecule has 10 heteroatoms. The van der Waals surface area contributed by atoms with E-state index in [1.54, 1.807) is 27.7 Å². The highest BCUT2D eigenvalue weighted by molar-refractivity contribution is 7.90. The number of carbonyl (C=O) groups excluding carboxylic acids is 1. The van der Waals surface area contributed by atoms with Gasteiger partial charge in [-0.1, -0.05) is 24.3 Å². The first-order chi connectivity index (χ1) is 14.9. The van der Waals surface area contributed by atoms with E-state index in [-0.39, 0.29) is 34.9 Å². The third-order valence-corrected chi connectivity index (χ3v) is 7.24. The van der Waals surface area contributed by atoms with Crippen LogP contribution < -0.4 is 10.4 Å². The van der Waals surface area contributed by atoms with Crippen molar-refractivity contribution in [2.24, 2.45) is 4.99 Å². The van der Waals surface area contributed by atoms with E-state index in [0.29, 0.717) is 31.5 Å². The number of imidazole rings is 1. The number of aliphatic imine (C=N–C) groups is 1. The lowest BCUT2D eigenvalue weighted by atomic mass is 10.0. The maximum Gasteiger partial charge on any atom is 0.326 e. The number of para-hydroxylation sites is 2. The van der Waals surface area contributed by atoms with Gasteiger partial charge in [-0.05, 0) is 37.1 Å². The number of hydrogen-bond donors (Lipinski definition) is 2. The minimum atomic E-state index is -3.62. The van der Waals surface area contributed by atoms with Gasteiger partial charge >= 0.3 is 5.69 Å². The monoisotopic (exact) mass is 439 g/mol. The third kappa shape index (κ3) is 3.42. The van der Waals surface area contributed by atoms with Crippen LogP contribution in [0.4, 0.5) is 0 Å². The molecule has 0 bridgehead atoms. The maximum atomic E-state index is 12.7. The number of amides is 1. The number of aromatic amines is 1. The lowest BCUT2D eigenvalue weighted by Crippen LogP contribution is -2.41. The van der Waals surface area contributed by atoms with E-state index >= 15 is 0 Å². The molecule has 3 heterocycles. The minimum Gasteiger partial charge on any atom is -0.341 e. The molecule has 2 aliphatic heterocycles. The maximum absolute atomic E-state index is 12.7. The van der Waals surface area contributed by atoms with E-state index in [1.165, 1.54) is 6.07 Å². The van der Waals surface area contributed by atoms with E-state index in [9.17, 15) is 18.0 Å². The van der Waals surface area contributed by atoms with Crippen LogP contribution in [0.15, 0.2) is 63.2 Å². The molecule has 2 N–H and O–H groups in total. The van der Waals surface area contributed by atoms with Crippen LogP contribution in [0.5, 0.6) is 0 Å². The molecule has 31 heavy (non-hydrogen) atoms. The number of likely N-dealkylation sites (tertiary alicyclic amines) is 1. The summed E-state index contributed by atoms with van der Waals surface area (Å²) >= 11 is 0. The van der Waals surface area contributed by atoms with Gasteiger partial charge in [-0.15, -0.1) is 0 Å². The van der Waals surface area contributed by atoms with Crippen molar-refractivity contribution in [2.75, 3.05) is 19.6 Å². The number of aromatic nitrogens is 2. The summed E-state index contributed by atoms with van der Waals surface area (Å²) in [5.74, 6) is 0.0324. The van der Waals surface area contributed by atoms with Crippen molar-refractivity contribution in [1.82, 2.24) is 19.2 Å². The average Bonchev–Trinajstić information content (AvgIpc) is 3.25. The van der Waals surface area contributed by atoms with Crippen LogP contribution in [0.2, 0.25) is 0 Å². The summed E-state index contributed by atoms with van der Waals surface area (Å²) in [6.45, 7) is 0.898. The van der Waals surface area contributed by atoms with Gasteiger partial charge in [-0.25, -0.2) is 13.2 Å². The Morgan fingerprint density at radius 3 is 2.58 bits per heavy atom. The summed E-state index contributed by atoms with van der Waals surface area (Å²) in [5.41, 5.74) is 2.02. The van der Waals surface area contributed by atoms with Crippen molar-refractivity contribution in [3.63, 3.8) is 0 Å². The van der Waals surface area contributed by atoms with Crippen LogP contribution in [-0.2, 0) is 14.8 Å². The Morgan fingerprint density at radius 2 is 1.77 bits per heavy atom. The molecular formula is C21H21N5O4S. The number of amidine groups is 1. The predicted octanol–water partition coefficient (Wildman–Crippen LogP) is 1.23. The van der Waals surface area contributed by atoms with Crippen molar-refractivity contribution < 1.29 is 13.2 Å². The number of sulfonamides is 1. The summed E-state index contributed by atoms with van der Waals surface area (Å²) < 4.78 is 28.5. The van der Waals surface area contributed by atoms with Gasteiger partial charge in [0.05, 0.1) is 15.9 Å². The molecule has 0 unspecified atom stereocenters. The van der Waals surface area contributed by atoms with Crippen LogP contribution in [0, 0.1) is 0 Å². The quantitative estimate of drug-likeness (QED) is 0.638. The molecule has 1 saturated heterocycles. The Kier molecular flexibility index (Phi) is 4.66. The molecule has 9 nitrogen and oxygen atoms in total. The second kappa shape index (κ2) is 7.38. The first-order valence-electron chi connectivity index (χ1n) is 10.1. The van der Waals surface area contributed by atoms with Crippen molar-refractivity contribution in [2.45, 2.75) is 23.8 Å². The fourth-order valence-corrected chi connectivity index (χ4v) is 5.56. The summed E-state index contributed by atoms with van der Waals surface area (Å²) in [6.07, 6.45) is 1.33. The van der Waals surface area contributed by atoms with Crippen molar-refractivity contribution in [3.05, 3.63) is 64.6 Å². The molecule has 0 spiro atoms. The van der Waals surface area contributed by atoms with Crippen LogP contribution in [0.3, 0.4) is 0 Å². The molecule has 0 radical (unpaired) electrons. The second-order valence-corrected chi connectivity index (χ2v) is 9.35. The highest BCUT2D eigenvalue weighted by Crippen LogP contribution is 2.25. The largest absolute Gasteiger partial charge is 0.341 e. The number of fused-ring (bicyclic) bond motifs is 2. The summed E-state index contributed by atoms with van der Waals surface area (Å²) in [5, 5.41) is 0. The topological polar surface area (TPSA) is 117 Å². The second-order valence-electron chi connectivity index (χ2n) is 7.70. The van der Waals surface area contributed by atoms with Crippen LogP contribution in [-0.4, -0.2) is 54.2 Å². The molecule has 1 fully saturated rings. The van der Waals surface area contributed by atoms with Gasteiger partial charge in [0, 0.05) is 24.7 Å². The van der Waals surface area contributed by atoms with Gasteiger partial charge in [0.1, 0.15) is 12.4 Å². The van der Waals surface area contributed by atoms with E-state index in [4.69, 9.17) is 0 Å². The number of H-pyrrole nitrogens is 1. The molecule has 1 aromatic heterocycles. The van der Waals surface area contributed by atoms with Crippen molar-refractivity contribution in [3.8, 4) is 0 Å². The molecule has 2 aliphatic rings. The summed E-state index contributed by atoms with van der Waals surface area (Å²) in [6, 6.07) is 14.2. The number of rotatable bonds is 3. The lowest BCUT2D eigenvalue weighted by molar-refractivity contribution is -0.130. The number of carbonyl (C=O) groups is 1. The van der Waals surface area contributed by atoms with E-state index in [2.05, 4.69) is 14.7 Å². The fourth-order valence-electron chi connectivity index (χ4n) is 4.31. The zero-order valence-electron chi connectivity index (χ0n) is 16.6. The van der Waals surface area contributed by atoms with Gasteiger partial charge in [-0.2, -0.15) is 0 Å². The highest BCUT2D eigenvalue weighted by atomic mass is 32.2. The Morgan fingerprint density at radius 1 is 1.06 bits per heavy atom. The molecule has 0 aliphatic carbocycles. The number of hydrogen-bond acceptors (Lipinski definition) is 5. The van der Waals surface area contributed by atoms with Crippen LogP contribution in [0.1, 0.15) is 24.4 Å². The third-order valence-electron chi connectivity index (χ3n) is 5.84. The van der Waals surface area contributed by atoms with Crippen LogP contribution >= 0.6 is 0 Å². The predicted molar refractivity (Wildman–Crippen MR) is 116 cm³/mol. The zero-order valence-corrected chi connectivity index (χ0v) is 17.4. The summed E-state index contributed by atoms with van der Waals surface area (Å²) in [4.78, 5) is 34.1. The molecule has 0 atom stereocenters. The molecular weight excluding hydrogens is 418 g/mol. The highest BCUT2D eigenvalue weighted by Gasteiger charge is 2.31.